The number of anilines is 2. The number of fused-ring (bicyclic) bond motifs is 20. The zero-order chi connectivity index (χ0) is 42.3. The van der Waals surface area contributed by atoms with Crippen molar-refractivity contribution < 1.29 is 33.9 Å². The molecule has 311 valence electrons. The number of rotatable bonds is 6. The molecular weight excluding hydrogens is 884 g/mol. The van der Waals surface area contributed by atoms with Crippen LogP contribution in [0.25, 0.3) is 89.7 Å². The van der Waals surface area contributed by atoms with Crippen molar-refractivity contribution in [2.75, 3.05) is 9.44 Å². The van der Waals surface area contributed by atoms with Gasteiger partial charge in [0.2, 0.25) is 0 Å². The number of hydrogen-bond acceptors (Lipinski definition) is 10. The minimum absolute atomic E-state index is 0. The summed E-state index contributed by atoms with van der Waals surface area (Å²) in [6.07, 6.45) is 0. The summed E-state index contributed by atoms with van der Waals surface area (Å²) in [5, 5.41) is 2.31. The molecule has 8 bridgehead atoms. The van der Waals surface area contributed by atoms with Crippen LogP contribution in [0.15, 0.2) is 143 Å². The third kappa shape index (κ3) is 7.06. The molecular formula is C46H30CuN10O4S2. The standard InChI is InChI=1S/C46H30N10O4S2.Cu/c1-25-11-15-27(16-12-25)55-61(57,58)29-19-21-35-37(23-29)45-52-43(35)50-41-33-9-5-3-7-31(33)39(48-41)47-40-32-8-4-6-10-34(32)42(49-40)51-44-36-22-20-30(24-38(36)46(53-44)54-45)62(59,60)56-28-17-13-26(2)14-18-28;/h3-24,55-56H,1-2H3;/q-2;+2. The van der Waals surface area contributed by atoms with E-state index in [1.165, 1.54) is 24.3 Å². The molecule has 2 aliphatic heterocycles. The van der Waals surface area contributed by atoms with Crippen molar-refractivity contribution in [1.29, 1.82) is 0 Å². The molecule has 6 aromatic carbocycles. The number of hydrogen-bond donors (Lipinski definition) is 2. The van der Waals surface area contributed by atoms with Gasteiger partial charge in [-0.15, -0.1) is 0 Å². The van der Waals surface area contributed by atoms with E-state index in [-0.39, 0.29) is 49.8 Å². The van der Waals surface area contributed by atoms with Gasteiger partial charge in [0.05, 0.1) is 33.1 Å². The van der Waals surface area contributed by atoms with Gasteiger partial charge in [0.25, 0.3) is 20.0 Å². The first kappa shape index (κ1) is 39.8. The Hall–Kier alpha value is -7.30. The van der Waals surface area contributed by atoms with E-state index in [2.05, 4.69) is 9.44 Å². The Morgan fingerprint density at radius 1 is 0.397 bits per heavy atom. The predicted octanol–water partition coefficient (Wildman–Crippen LogP) is 8.34. The number of aromatic nitrogens is 8. The fraction of sp³-hybridized carbons (Fsp3) is 0.0435. The SMILES string of the molecule is Cc1ccc(NS(=O)(=O)c2ccc3c(c2)-c2nc-3nc3[n-]c(nc4nc(nc5[n-]c(n2)c2cc(S(=O)(=O)Nc6ccc(C)cc6)ccc52)-c2ccccc2-4)c2ccccc32)cc1.[Cu+2]. The molecule has 0 fully saturated rings. The Bertz CT molecular complexity index is 3760. The molecule has 11 rings (SSSR count). The smallest absolute Gasteiger partial charge is 0.357 e. The van der Waals surface area contributed by atoms with Crippen LogP contribution in [-0.4, -0.2) is 46.7 Å². The number of benzene rings is 6. The van der Waals surface area contributed by atoms with Crippen molar-refractivity contribution in [2.24, 2.45) is 0 Å². The zero-order valence-corrected chi connectivity index (χ0v) is 35.6. The molecule has 5 heterocycles. The van der Waals surface area contributed by atoms with Gasteiger partial charge < -0.3 is 29.9 Å². The van der Waals surface area contributed by atoms with Crippen LogP contribution in [0, 0.1) is 13.8 Å². The molecule has 14 nitrogen and oxygen atoms in total. The first-order valence-corrected chi connectivity index (χ1v) is 22.3. The Labute approximate surface area is 370 Å². The van der Waals surface area contributed by atoms with Crippen molar-refractivity contribution in [3.63, 3.8) is 0 Å². The van der Waals surface area contributed by atoms with Gasteiger partial charge in [-0.1, -0.05) is 96.1 Å². The van der Waals surface area contributed by atoms with E-state index in [0.717, 1.165) is 22.1 Å². The maximum Gasteiger partial charge on any atom is 2.00 e. The van der Waals surface area contributed by atoms with E-state index in [1.54, 1.807) is 36.4 Å². The molecule has 3 aromatic heterocycles. The Balaban J connectivity index is 0.00000471. The van der Waals surface area contributed by atoms with Gasteiger partial charge >= 0.3 is 17.1 Å². The third-order valence-electron chi connectivity index (χ3n) is 10.7. The summed E-state index contributed by atoms with van der Waals surface area (Å²) >= 11 is 0. The number of nitrogens with zero attached hydrogens (tertiary/aromatic N) is 8. The molecule has 0 aliphatic carbocycles. The van der Waals surface area contributed by atoms with Crippen LogP contribution >= 0.6 is 0 Å². The minimum Gasteiger partial charge on any atom is -0.357 e. The fourth-order valence-electron chi connectivity index (χ4n) is 7.52. The van der Waals surface area contributed by atoms with Crippen LogP contribution in [0.3, 0.4) is 0 Å². The molecule has 1 radical (unpaired) electrons. The molecule has 0 amide bonds. The van der Waals surface area contributed by atoms with E-state index >= 15 is 0 Å². The van der Waals surface area contributed by atoms with Crippen LogP contribution in [-0.2, 0) is 37.1 Å². The van der Waals surface area contributed by atoms with Crippen molar-refractivity contribution >= 4 is 75.6 Å². The molecule has 9 aromatic rings. The minimum atomic E-state index is -4.09. The van der Waals surface area contributed by atoms with Gasteiger partial charge in [-0.3, -0.25) is 9.44 Å². The molecule has 0 saturated heterocycles. The Morgan fingerprint density at radius 2 is 0.778 bits per heavy atom. The quantitative estimate of drug-likeness (QED) is 0.152. The number of nitrogens with one attached hydrogen (secondary N) is 2. The number of aryl methyl sites for hydroxylation is 2. The average molecular weight is 914 g/mol. The first-order chi connectivity index (χ1) is 30.0. The number of sulfonamides is 2. The zero-order valence-electron chi connectivity index (χ0n) is 33.0. The second-order valence-electron chi connectivity index (χ2n) is 14.9. The molecule has 2 N–H and O–H groups in total. The predicted molar refractivity (Wildman–Crippen MR) is 238 cm³/mol. The summed E-state index contributed by atoms with van der Waals surface area (Å²) in [5.41, 5.74) is 6.12. The summed E-state index contributed by atoms with van der Waals surface area (Å²) in [7, 11) is -8.18. The third-order valence-corrected chi connectivity index (χ3v) is 13.4. The molecule has 2 aliphatic rings. The van der Waals surface area contributed by atoms with E-state index in [9.17, 15) is 16.8 Å². The van der Waals surface area contributed by atoms with Crippen LogP contribution in [0.1, 0.15) is 11.1 Å². The normalized spacial score (nSPS) is 12.1. The van der Waals surface area contributed by atoms with Crippen LogP contribution in [0.2, 0.25) is 0 Å². The monoisotopic (exact) mass is 913 g/mol. The molecule has 17 heteroatoms. The van der Waals surface area contributed by atoms with Crippen molar-refractivity contribution in [3.05, 3.63) is 145 Å². The molecule has 0 saturated carbocycles. The van der Waals surface area contributed by atoms with Gasteiger partial charge in [-0.2, -0.15) is 0 Å². The van der Waals surface area contributed by atoms with Crippen LogP contribution in [0.4, 0.5) is 11.4 Å². The van der Waals surface area contributed by atoms with E-state index < -0.39 is 20.0 Å². The summed E-state index contributed by atoms with van der Waals surface area (Å²) < 4.78 is 60.7. The molecule has 63 heavy (non-hydrogen) atoms. The summed E-state index contributed by atoms with van der Waals surface area (Å²) in [6.45, 7) is 3.83. The van der Waals surface area contributed by atoms with Gasteiger partial charge in [-0.05, 0) is 83.9 Å². The van der Waals surface area contributed by atoms with Gasteiger partial charge in [-0.25, -0.2) is 26.8 Å². The van der Waals surface area contributed by atoms with Crippen molar-refractivity contribution in [3.8, 4) is 45.6 Å². The summed E-state index contributed by atoms with van der Waals surface area (Å²) in [4.78, 5) is 39.2. The summed E-state index contributed by atoms with van der Waals surface area (Å²) in [5.74, 6) is 1.05. The summed E-state index contributed by atoms with van der Waals surface area (Å²) in [6, 6.07) is 38.4. The van der Waals surface area contributed by atoms with Gasteiger partial charge in [0.15, 0.2) is 0 Å². The molecule has 0 spiro atoms. The topological polar surface area (TPSA) is 198 Å². The maximum absolute atomic E-state index is 13.9. The Morgan fingerprint density at radius 3 is 1.27 bits per heavy atom. The van der Waals surface area contributed by atoms with Gasteiger partial charge in [0.1, 0.15) is 0 Å². The van der Waals surface area contributed by atoms with Gasteiger partial charge in [0, 0.05) is 56.2 Å². The van der Waals surface area contributed by atoms with Crippen LogP contribution < -0.4 is 19.4 Å². The fourth-order valence-corrected chi connectivity index (χ4v) is 9.69. The van der Waals surface area contributed by atoms with E-state index in [4.69, 9.17) is 39.9 Å². The maximum atomic E-state index is 13.9. The van der Waals surface area contributed by atoms with E-state index in [1.807, 2.05) is 86.6 Å². The van der Waals surface area contributed by atoms with Crippen molar-refractivity contribution in [1.82, 2.24) is 39.9 Å². The second-order valence-corrected chi connectivity index (χ2v) is 18.3. The largest absolute Gasteiger partial charge is 2.00 e. The second kappa shape index (κ2) is 15.0. The van der Waals surface area contributed by atoms with Crippen molar-refractivity contribution in [2.45, 2.75) is 23.6 Å². The average Bonchev–Trinajstić information content (AvgIpc) is 4.00. The first-order valence-electron chi connectivity index (χ1n) is 19.3. The van der Waals surface area contributed by atoms with Crippen LogP contribution in [0.5, 0.6) is 0 Å². The Kier molecular flexibility index (Phi) is 9.45. The van der Waals surface area contributed by atoms with E-state index in [0.29, 0.717) is 67.2 Å². The molecule has 0 unspecified atom stereocenters. The molecule has 0 atom stereocenters.